The van der Waals surface area contributed by atoms with Gasteiger partial charge in [0.05, 0.1) is 17.4 Å². The molecule has 1 N–H and O–H groups in total. The van der Waals surface area contributed by atoms with Crippen LogP contribution in [-0.4, -0.2) is 21.2 Å². The van der Waals surface area contributed by atoms with Crippen molar-refractivity contribution in [3.63, 3.8) is 0 Å². The van der Waals surface area contributed by atoms with Gasteiger partial charge in [-0.05, 0) is 31.5 Å². The Morgan fingerprint density at radius 2 is 1.81 bits per heavy atom. The van der Waals surface area contributed by atoms with Crippen LogP contribution in [0.25, 0.3) is 0 Å². The van der Waals surface area contributed by atoms with Crippen molar-refractivity contribution in [2.24, 2.45) is 0 Å². The van der Waals surface area contributed by atoms with Crippen LogP contribution in [0.4, 0.5) is 17.5 Å². The Hall–Kier alpha value is -3.46. The molecule has 6 heteroatoms. The Morgan fingerprint density at radius 1 is 1.08 bits per heavy atom. The van der Waals surface area contributed by atoms with Gasteiger partial charge in [0.2, 0.25) is 5.95 Å². The summed E-state index contributed by atoms with van der Waals surface area (Å²) in [5.74, 6) is 1.10. The van der Waals surface area contributed by atoms with Crippen molar-refractivity contribution in [1.82, 2.24) is 15.2 Å². The molecule has 0 bridgehead atoms. The Bertz CT molecular complexity index is 901. The zero-order valence-electron chi connectivity index (χ0n) is 14.8. The summed E-state index contributed by atoms with van der Waals surface area (Å²) in [5.41, 5.74) is 2.39. The number of nitrogens with zero attached hydrogens (tertiary/aromatic N) is 5. The maximum Gasteiger partial charge on any atom is 0.249 e. The van der Waals surface area contributed by atoms with E-state index in [0.29, 0.717) is 17.2 Å². The summed E-state index contributed by atoms with van der Waals surface area (Å²) in [4.78, 5) is 6.75. The fourth-order valence-corrected chi connectivity index (χ4v) is 2.60. The topological polar surface area (TPSA) is 77.7 Å². The smallest absolute Gasteiger partial charge is 0.249 e. The molecule has 1 heterocycles. The maximum absolute atomic E-state index is 9.22. The highest BCUT2D eigenvalue weighted by atomic mass is 15.3. The lowest BCUT2D eigenvalue weighted by atomic mass is 10.2. The molecule has 1 aromatic heterocycles. The third-order valence-corrected chi connectivity index (χ3v) is 3.95. The number of hydrogen-bond acceptors (Lipinski definition) is 6. The number of para-hydroxylation sites is 1. The van der Waals surface area contributed by atoms with E-state index in [2.05, 4.69) is 57.4 Å². The van der Waals surface area contributed by atoms with E-state index >= 15 is 0 Å². The summed E-state index contributed by atoms with van der Waals surface area (Å²) in [6, 6.07) is 19.9. The van der Waals surface area contributed by atoms with Gasteiger partial charge in [-0.1, -0.05) is 42.5 Å². The van der Waals surface area contributed by atoms with Gasteiger partial charge in [-0.3, -0.25) is 0 Å². The van der Waals surface area contributed by atoms with Crippen molar-refractivity contribution in [1.29, 1.82) is 5.26 Å². The monoisotopic (exact) mass is 344 g/mol. The lowest BCUT2D eigenvalue weighted by molar-refractivity contribution is 0.668. The van der Waals surface area contributed by atoms with Crippen molar-refractivity contribution in [2.45, 2.75) is 26.4 Å². The second kappa shape index (κ2) is 8.08. The normalized spacial score (nSPS) is 10.4. The predicted molar refractivity (Wildman–Crippen MR) is 102 cm³/mol. The highest BCUT2D eigenvalue weighted by Crippen LogP contribution is 2.21. The second-order valence-electron chi connectivity index (χ2n) is 6.13. The van der Waals surface area contributed by atoms with Gasteiger partial charge in [0.15, 0.2) is 5.82 Å². The number of nitriles is 1. The van der Waals surface area contributed by atoms with Crippen LogP contribution in [0.1, 0.15) is 25.0 Å². The molecule has 0 spiro atoms. The molecule has 2 aromatic carbocycles. The van der Waals surface area contributed by atoms with Crippen LogP contribution >= 0.6 is 0 Å². The molecular formula is C20H20N6. The number of hydrogen-bond donors (Lipinski definition) is 1. The minimum atomic E-state index is 0.242. The molecule has 0 aliphatic heterocycles. The van der Waals surface area contributed by atoms with Crippen molar-refractivity contribution in [3.8, 4) is 6.07 Å². The van der Waals surface area contributed by atoms with Crippen LogP contribution in [0, 0.1) is 11.3 Å². The fourth-order valence-electron chi connectivity index (χ4n) is 2.60. The van der Waals surface area contributed by atoms with E-state index in [9.17, 15) is 5.26 Å². The minimum Gasteiger partial charge on any atom is -0.348 e. The van der Waals surface area contributed by atoms with E-state index in [1.165, 1.54) is 5.56 Å². The first-order chi connectivity index (χ1) is 12.7. The molecule has 0 atom stereocenters. The number of benzene rings is 2. The third kappa shape index (κ3) is 4.14. The summed E-state index contributed by atoms with van der Waals surface area (Å²) in [7, 11) is 0. The zero-order chi connectivity index (χ0) is 18.4. The summed E-state index contributed by atoms with van der Waals surface area (Å²) in [5, 5.41) is 20.4. The Balaban J connectivity index is 1.86. The molecule has 3 rings (SSSR count). The van der Waals surface area contributed by atoms with Gasteiger partial charge in [0, 0.05) is 12.6 Å². The molecule has 0 saturated heterocycles. The van der Waals surface area contributed by atoms with Crippen molar-refractivity contribution >= 4 is 17.5 Å². The molecule has 0 fully saturated rings. The number of aromatic nitrogens is 3. The first-order valence-corrected chi connectivity index (χ1v) is 8.44. The highest BCUT2D eigenvalue weighted by Gasteiger charge is 2.14. The van der Waals surface area contributed by atoms with Crippen LogP contribution in [0.15, 0.2) is 60.8 Å². The summed E-state index contributed by atoms with van der Waals surface area (Å²) < 4.78 is 0. The van der Waals surface area contributed by atoms with Crippen LogP contribution < -0.4 is 10.2 Å². The SMILES string of the molecule is CC(C)N(Cc1ccccc1)c1cnnc(Nc2ccccc2C#N)n1. The average Bonchev–Trinajstić information content (AvgIpc) is 2.67. The number of anilines is 3. The van der Waals surface area contributed by atoms with E-state index in [-0.39, 0.29) is 6.04 Å². The van der Waals surface area contributed by atoms with E-state index in [0.717, 1.165) is 12.4 Å². The Kier molecular flexibility index (Phi) is 5.40. The molecule has 0 saturated carbocycles. The first-order valence-electron chi connectivity index (χ1n) is 8.44. The average molecular weight is 344 g/mol. The van der Waals surface area contributed by atoms with E-state index in [1.54, 1.807) is 12.3 Å². The largest absolute Gasteiger partial charge is 0.348 e. The standard InChI is InChI=1S/C20H20N6/c1-15(2)26(14-16-8-4-3-5-9-16)19-13-22-25-20(24-19)23-18-11-7-6-10-17(18)12-21/h3-11,13,15H,14H2,1-2H3,(H,23,24,25). The number of rotatable bonds is 6. The molecule has 0 aliphatic carbocycles. The minimum absolute atomic E-state index is 0.242. The molecule has 0 radical (unpaired) electrons. The molecule has 0 aliphatic rings. The summed E-state index contributed by atoms with van der Waals surface area (Å²) in [6.45, 7) is 4.96. The number of nitrogens with one attached hydrogen (secondary N) is 1. The van der Waals surface area contributed by atoms with Crippen LogP contribution in [-0.2, 0) is 6.54 Å². The quantitative estimate of drug-likeness (QED) is 0.731. The highest BCUT2D eigenvalue weighted by molar-refractivity contribution is 5.63. The summed E-state index contributed by atoms with van der Waals surface area (Å²) in [6.07, 6.45) is 1.66. The second-order valence-corrected chi connectivity index (χ2v) is 6.13. The van der Waals surface area contributed by atoms with Crippen molar-refractivity contribution in [3.05, 3.63) is 71.9 Å². The van der Waals surface area contributed by atoms with Gasteiger partial charge in [0.1, 0.15) is 6.07 Å². The summed E-state index contributed by atoms with van der Waals surface area (Å²) >= 11 is 0. The molecule has 6 nitrogen and oxygen atoms in total. The van der Waals surface area contributed by atoms with E-state index in [4.69, 9.17) is 0 Å². The van der Waals surface area contributed by atoms with Gasteiger partial charge in [-0.25, -0.2) is 0 Å². The Morgan fingerprint density at radius 3 is 2.54 bits per heavy atom. The van der Waals surface area contributed by atoms with Gasteiger partial charge in [0.25, 0.3) is 0 Å². The van der Waals surface area contributed by atoms with Gasteiger partial charge in [-0.2, -0.15) is 15.3 Å². The van der Waals surface area contributed by atoms with Crippen LogP contribution in [0.5, 0.6) is 0 Å². The molecule has 130 valence electrons. The van der Waals surface area contributed by atoms with Crippen LogP contribution in [0.3, 0.4) is 0 Å². The van der Waals surface area contributed by atoms with Gasteiger partial charge in [-0.15, -0.1) is 5.10 Å². The lowest BCUT2D eigenvalue weighted by Gasteiger charge is -2.27. The Labute approximate surface area is 153 Å². The van der Waals surface area contributed by atoms with Gasteiger partial charge < -0.3 is 10.2 Å². The van der Waals surface area contributed by atoms with Gasteiger partial charge >= 0.3 is 0 Å². The molecule has 0 amide bonds. The molecule has 26 heavy (non-hydrogen) atoms. The zero-order valence-corrected chi connectivity index (χ0v) is 14.8. The lowest BCUT2D eigenvalue weighted by Crippen LogP contribution is -2.31. The van der Waals surface area contributed by atoms with Crippen LogP contribution in [0.2, 0.25) is 0 Å². The molecule has 0 unspecified atom stereocenters. The van der Waals surface area contributed by atoms with Crippen molar-refractivity contribution < 1.29 is 0 Å². The van der Waals surface area contributed by atoms with Crippen molar-refractivity contribution in [2.75, 3.05) is 10.2 Å². The first kappa shape index (κ1) is 17.4. The maximum atomic E-state index is 9.22. The molecule has 3 aromatic rings. The third-order valence-electron chi connectivity index (χ3n) is 3.95. The fraction of sp³-hybridized carbons (Fsp3) is 0.200. The predicted octanol–water partition coefficient (Wildman–Crippen LogP) is 3.90. The van der Waals surface area contributed by atoms with E-state index in [1.807, 2.05) is 36.4 Å². The molecular weight excluding hydrogens is 324 g/mol. The van der Waals surface area contributed by atoms with E-state index < -0.39 is 0 Å².